The van der Waals surface area contributed by atoms with E-state index in [-0.39, 0.29) is 0 Å². The van der Waals surface area contributed by atoms with Crippen molar-refractivity contribution in [3.05, 3.63) is 0 Å². The van der Waals surface area contributed by atoms with Gasteiger partial charge < -0.3 is 4.79 Å². The zero-order valence-electron chi connectivity index (χ0n) is 9.18. The molecule has 0 N–H and O–H groups in total. The summed E-state index contributed by atoms with van der Waals surface area (Å²) in [7, 11) is 0. The fourth-order valence-corrected chi connectivity index (χ4v) is 2.20. The Hall–Kier alpha value is -0.330. The fourth-order valence-electron chi connectivity index (χ4n) is 2.20. The Labute approximate surface area is 81.9 Å². The van der Waals surface area contributed by atoms with Crippen LogP contribution in [0.4, 0.5) is 0 Å². The third-order valence-electron chi connectivity index (χ3n) is 3.19. The largest absolute Gasteiger partial charge is 0.300 e. The number of hydrogen-bond acceptors (Lipinski definition) is 1. The molecule has 1 nitrogen and oxygen atoms in total. The molecule has 0 spiro atoms. The summed E-state index contributed by atoms with van der Waals surface area (Å²) in [5.74, 6) is 3.21. The lowest BCUT2D eigenvalue weighted by Gasteiger charge is -2.02. The van der Waals surface area contributed by atoms with E-state index in [4.69, 9.17) is 0 Å². The first-order chi connectivity index (χ1) is 6.11. The molecule has 0 bridgehead atoms. The van der Waals surface area contributed by atoms with Gasteiger partial charge in [0.25, 0.3) is 0 Å². The Bertz CT molecular complexity index is 172. The van der Waals surface area contributed by atoms with E-state index in [0.717, 1.165) is 30.6 Å². The minimum Gasteiger partial charge on any atom is -0.300 e. The van der Waals surface area contributed by atoms with Gasteiger partial charge in [-0.15, -0.1) is 0 Å². The SMILES string of the molecule is CC(=O)CCCCC1CC1C(C)C. The monoisotopic (exact) mass is 182 g/mol. The maximum atomic E-state index is 10.7. The predicted molar refractivity (Wildman–Crippen MR) is 55.6 cm³/mol. The Kier molecular flexibility index (Phi) is 3.95. The van der Waals surface area contributed by atoms with Crippen molar-refractivity contribution in [3.63, 3.8) is 0 Å². The summed E-state index contributed by atoms with van der Waals surface area (Å²) < 4.78 is 0. The van der Waals surface area contributed by atoms with Crippen LogP contribution >= 0.6 is 0 Å². The second-order valence-electron chi connectivity index (χ2n) is 4.85. The molecular weight excluding hydrogens is 160 g/mol. The number of carbonyl (C=O) groups excluding carboxylic acids is 1. The number of hydrogen-bond donors (Lipinski definition) is 0. The standard InChI is InChI=1S/C12H22O/c1-9(2)12-8-11(12)7-5-4-6-10(3)13/h9,11-12H,4-8H2,1-3H3. The van der Waals surface area contributed by atoms with Gasteiger partial charge in [0.05, 0.1) is 0 Å². The Balaban J connectivity index is 1.94. The molecule has 2 atom stereocenters. The van der Waals surface area contributed by atoms with Gasteiger partial charge in [0.15, 0.2) is 0 Å². The third kappa shape index (κ3) is 3.93. The average Bonchev–Trinajstić information content (AvgIpc) is 2.76. The van der Waals surface area contributed by atoms with Crippen LogP contribution in [-0.2, 0) is 4.79 Å². The normalized spacial score (nSPS) is 26.5. The van der Waals surface area contributed by atoms with Crippen molar-refractivity contribution in [3.8, 4) is 0 Å². The molecule has 0 heterocycles. The lowest BCUT2D eigenvalue weighted by Crippen LogP contribution is -1.94. The Morgan fingerprint density at radius 3 is 2.54 bits per heavy atom. The number of unbranched alkanes of at least 4 members (excludes halogenated alkanes) is 1. The van der Waals surface area contributed by atoms with Crippen molar-refractivity contribution in [1.29, 1.82) is 0 Å². The van der Waals surface area contributed by atoms with Crippen molar-refractivity contribution in [2.24, 2.45) is 17.8 Å². The summed E-state index contributed by atoms with van der Waals surface area (Å²) in [6, 6.07) is 0. The van der Waals surface area contributed by atoms with Crippen LogP contribution in [0.15, 0.2) is 0 Å². The smallest absolute Gasteiger partial charge is 0.129 e. The van der Waals surface area contributed by atoms with Crippen molar-refractivity contribution in [2.45, 2.75) is 52.9 Å². The lowest BCUT2D eigenvalue weighted by atomic mass is 10.0. The fraction of sp³-hybridized carbons (Fsp3) is 0.917. The summed E-state index contributed by atoms with van der Waals surface area (Å²) in [5.41, 5.74) is 0. The minimum absolute atomic E-state index is 0.344. The first-order valence-electron chi connectivity index (χ1n) is 5.60. The molecule has 2 unspecified atom stereocenters. The lowest BCUT2D eigenvalue weighted by molar-refractivity contribution is -0.117. The molecular formula is C12H22O. The highest BCUT2D eigenvalue weighted by atomic mass is 16.1. The van der Waals surface area contributed by atoms with Crippen LogP contribution in [0.2, 0.25) is 0 Å². The molecule has 0 aromatic heterocycles. The van der Waals surface area contributed by atoms with Gasteiger partial charge in [0.1, 0.15) is 5.78 Å². The van der Waals surface area contributed by atoms with E-state index >= 15 is 0 Å². The van der Waals surface area contributed by atoms with E-state index < -0.39 is 0 Å². The Morgan fingerprint density at radius 1 is 1.38 bits per heavy atom. The molecule has 0 aromatic carbocycles. The molecule has 0 saturated heterocycles. The van der Waals surface area contributed by atoms with Gasteiger partial charge >= 0.3 is 0 Å². The minimum atomic E-state index is 0.344. The summed E-state index contributed by atoms with van der Waals surface area (Å²) in [4.78, 5) is 10.7. The van der Waals surface area contributed by atoms with Gasteiger partial charge in [0.2, 0.25) is 0 Å². The summed E-state index contributed by atoms with van der Waals surface area (Å²) >= 11 is 0. The summed E-state index contributed by atoms with van der Waals surface area (Å²) in [5, 5.41) is 0. The summed E-state index contributed by atoms with van der Waals surface area (Å²) in [6.07, 6.45) is 5.96. The zero-order valence-corrected chi connectivity index (χ0v) is 9.18. The highest BCUT2D eigenvalue weighted by Crippen LogP contribution is 2.47. The maximum absolute atomic E-state index is 10.7. The van der Waals surface area contributed by atoms with Gasteiger partial charge in [0, 0.05) is 6.42 Å². The molecule has 76 valence electrons. The Morgan fingerprint density at radius 2 is 2.08 bits per heavy atom. The molecule has 0 radical (unpaired) electrons. The van der Waals surface area contributed by atoms with Crippen LogP contribution in [-0.4, -0.2) is 5.78 Å². The molecule has 1 saturated carbocycles. The van der Waals surface area contributed by atoms with Crippen LogP contribution in [0.25, 0.3) is 0 Å². The van der Waals surface area contributed by atoms with Gasteiger partial charge in [-0.1, -0.05) is 26.7 Å². The quantitative estimate of drug-likeness (QED) is 0.575. The molecule has 1 rings (SSSR count). The van der Waals surface area contributed by atoms with Crippen LogP contribution in [0.5, 0.6) is 0 Å². The van der Waals surface area contributed by atoms with E-state index in [1.165, 1.54) is 19.3 Å². The first-order valence-corrected chi connectivity index (χ1v) is 5.60. The molecule has 1 aliphatic rings. The highest BCUT2D eigenvalue weighted by Gasteiger charge is 2.37. The number of ketones is 1. The molecule has 1 fully saturated rings. The van der Waals surface area contributed by atoms with Crippen molar-refractivity contribution >= 4 is 5.78 Å². The van der Waals surface area contributed by atoms with Crippen LogP contribution in [0.1, 0.15) is 52.9 Å². The van der Waals surface area contributed by atoms with E-state index in [0.29, 0.717) is 5.78 Å². The molecule has 13 heavy (non-hydrogen) atoms. The summed E-state index contributed by atoms with van der Waals surface area (Å²) in [6.45, 7) is 6.33. The third-order valence-corrected chi connectivity index (χ3v) is 3.19. The molecule has 0 aliphatic heterocycles. The second kappa shape index (κ2) is 4.78. The van der Waals surface area contributed by atoms with Gasteiger partial charge in [-0.25, -0.2) is 0 Å². The van der Waals surface area contributed by atoms with Gasteiger partial charge in [-0.2, -0.15) is 0 Å². The number of Topliss-reactive ketones (excluding diaryl/α,β-unsaturated/α-hetero) is 1. The van der Waals surface area contributed by atoms with Gasteiger partial charge in [-0.05, 0) is 37.5 Å². The second-order valence-corrected chi connectivity index (χ2v) is 4.85. The van der Waals surface area contributed by atoms with Crippen molar-refractivity contribution in [2.75, 3.05) is 0 Å². The van der Waals surface area contributed by atoms with E-state index in [1.807, 2.05) is 0 Å². The number of carbonyl (C=O) groups is 1. The van der Waals surface area contributed by atoms with E-state index in [1.54, 1.807) is 6.92 Å². The highest BCUT2D eigenvalue weighted by molar-refractivity contribution is 5.75. The van der Waals surface area contributed by atoms with Crippen LogP contribution in [0.3, 0.4) is 0 Å². The predicted octanol–water partition coefficient (Wildman–Crippen LogP) is 3.43. The van der Waals surface area contributed by atoms with E-state index in [2.05, 4.69) is 13.8 Å². The van der Waals surface area contributed by atoms with Crippen LogP contribution in [0, 0.1) is 17.8 Å². The van der Waals surface area contributed by atoms with Gasteiger partial charge in [-0.3, -0.25) is 0 Å². The molecule has 1 heteroatoms. The average molecular weight is 182 g/mol. The van der Waals surface area contributed by atoms with Crippen molar-refractivity contribution < 1.29 is 4.79 Å². The maximum Gasteiger partial charge on any atom is 0.129 e. The first kappa shape index (κ1) is 10.7. The molecule has 0 aromatic rings. The zero-order chi connectivity index (χ0) is 9.84. The molecule has 1 aliphatic carbocycles. The van der Waals surface area contributed by atoms with E-state index in [9.17, 15) is 4.79 Å². The number of rotatable bonds is 6. The topological polar surface area (TPSA) is 17.1 Å². The van der Waals surface area contributed by atoms with Crippen molar-refractivity contribution in [1.82, 2.24) is 0 Å². The van der Waals surface area contributed by atoms with Crippen LogP contribution < -0.4 is 0 Å². The molecule has 0 amide bonds.